The second-order valence-electron chi connectivity index (χ2n) is 6.63. The molecule has 2 aromatic rings. The predicted octanol–water partition coefficient (Wildman–Crippen LogP) is 2.71. The van der Waals surface area contributed by atoms with Crippen LogP contribution in [0, 0.1) is 0 Å². The highest BCUT2D eigenvalue weighted by atomic mass is 16.6. The van der Waals surface area contributed by atoms with E-state index in [4.69, 9.17) is 9.47 Å². The molecule has 0 aliphatic carbocycles. The van der Waals surface area contributed by atoms with E-state index in [-0.39, 0.29) is 6.10 Å². The lowest BCUT2D eigenvalue weighted by atomic mass is 10.0. The first-order valence-electron chi connectivity index (χ1n) is 8.65. The molecule has 0 bridgehead atoms. The lowest BCUT2D eigenvalue weighted by molar-refractivity contribution is 0.0910. The Hall–Kier alpha value is -2.24. The standard InChI is InChI=1S/C19H21N3O2/c1-3-15-13(5-7-20-15)9-14(1)19-11-23-17-4-2-12(10-18(17)24-19)16-6-8-21-22-16/h1-4,9-10,16,19-22H,5-8,11H2. The van der Waals surface area contributed by atoms with Gasteiger partial charge in [0.1, 0.15) is 6.61 Å². The van der Waals surface area contributed by atoms with Crippen molar-refractivity contribution >= 4 is 5.69 Å². The normalized spacial score (nSPS) is 24.5. The van der Waals surface area contributed by atoms with E-state index in [1.165, 1.54) is 22.4 Å². The lowest BCUT2D eigenvalue weighted by Crippen LogP contribution is -2.25. The molecule has 2 unspecified atom stereocenters. The first-order valence-corrected chi connectivity index (χ1v) is 8.65. The van der Waals surface area contributed by atoms with Crippen LogP contribution in [-0.4, -0.2) is 19.7 Å². The highest BCUT2D eigenvalue weighted by Crippen LogP contribution is 2.39. The quantitative estimate of drug-likeness (QED) is 0.793. The number of hydrazine groups is 1. The molecule has 2 aromatic carbocycles. The largest absolute Gasteiger partial charge is 0.485 e. The number of benzene rings is 2. The van der Waals surface area contributed by atoms with Gasteiger partial charge in [-0.1, -0.05) is 12.1 Å². The van der Waals surface area contributed by atoms with Gasteiger partial charge in [-0.2, -0.15) is 0 Å². The minimum atomic E-state index is -0.0479. The maximum Gasteiger partial charge on any atom is 0.162 e. The Morgan fingerprint density at radius 3 is 2.83 bits per heavy atom. The van der Waals surface area contributed by atoms with Crippen molar-refractivity contribution in [3.63, 3.8) is 0 Å². The second-order valence-corrected chi connectivity index (χ2v) is 6.63. The molecule has 124 valence electrons. The van der Waals surface area contributed by atoms with Crippen molar-refractivity contribution < 1.29 is 9.47 Å². The van der Waals surface area contributed by atoms with Crippen LogP contribution in [0.4, 0.5) is 5.69 Å². The van der Waals surface area contributed by atoms with Crippen molar-refractivity contribution in [2.45, 2.75) is 25.0 Å². The molecule has 1 saturated heterocycles. The molecule has 0 aromatic heterocycles. The molecule has 5 nitrogen and oxygen atoms in total. The predicted molar refractivity (Wildman–Crippen MR) is 92.4 cm³/mol. The summed E-state index contributed by atoms with van der Waals surface area (Å²) in [5.74, 6) is 1.68. The smallest absolute Gasteiger partial charge is 0.162 e. The second kappa shape index (κ2) is 5.69. The monoisotopic (exact) mass is 323 g/mol. The molecule has 0 amide bonds. The number of hydrogen-bond donors (Lipinski definition) is 3. The van der Waals surface area contributed by atoms with E-state index in [1.54, 1.807) is 0 Å². The Morgan fingerprint density at radius 1 is 0.958 bits per heavy atom. The van der Waals surface area contributed by atoms with Gasteiger partial charge in [0.15, 0.2) is 17.6 Å². The zero-order valence-electron chi connectivity index (χ0n) is 13.5. The van der Waals surface area contributed by atoms with Gasteiger partial charge >= 0.3 is 0 Å². The third kappa shape index (κ3) is 2.41. The molecule has 3 N–H and O–H groups in total. The summed E-state index contributed by atoms with van der Waals surface area (Å²) in [5, 5.41) is 3.40. The first kappa shape index (κ1) is 14.1. The summed E-state index contributed by atoms with van der Waals surface area (Å²) >= 11 is 0. The van der Waals surface area contributed by atoms with E-state index in [9.17, 15) is 0 Å². The van der Waals surface area contributed by atoms with Crippen molar-refractivity contribution in [2.75, 3.05) is 25.0 Å². The summed E-state index contributed by atoms with van der Waals surface area (Å²) in [7, 11) is 0. The van der Waals surface area contributed by atoms with E-state index < -0.39 is 0 Å². The van der Waals surface area contributed by atoms with Gasteiger partial charge in [0.05, 0.1) is 0 Å². The Labute approximate surface area is 141 Å². The van der Waals surface area contributed by atoms with Crippen molar-refractivity contribution in [1.82, 2.24) is 10.9 Å². The van der Waals surface area contributed by atoms with Gasteiger partial charge in [0, 0.05) is 24.8 Å². The fourth-order valence-electron chi connectivity index (χ4n) is 3.73. The van der Waals surface area contributed by atoms with Gasteiger partial charge in [-0.3, -0.25) is 10.9 Å². The Bertz CT molecular complexity index is 771. The molecule has 2 atom stereocenters. The van der Waals surface area contributed by atoms with Gasteiger partial charge in [-0.05, 0) is 53.8 Å². The summed E-state index contributed by atoms with van der Waals surface area (Å²) in [6.07, 6.45) is 2.12. The molecule has 0 spiro atoms. The number of fused-ring (bicyclic) bond motifs is 2. The minimum Gasteiger partial charge on any atom is -0.485 e. The van der Waals surface area contributed by atoms with Crippen LogP contribution in [-0.2, 0) is 6.42 Å². The molecule has 3 heterocycles. The Kier molecular flexibility index (Phi) is 3.35. The fraction of sp³-hybridized carbons (Fsp3) is 0.368. The topological polar surface area (TPSA) is 54.5 Å². The highest BCUT2D eigenvalue weighted by Gasteiger charge is 2.26. The van der Waals surface area contributed by atoms with E-state index in [2.05, 4.69) is 46.5 Å². The van der Waals surface area contributed by atoms with E-state index >= 15 is 0 Å². The van der Waals surface area contributed by atoms with Crippen molar-refractivity contribution in [1.29, 1.82) is 0 Å². The zero-order valence-corrected chi connectivity index (χ0v) is 13.5. The van der Waals surface area contributed by atoms with Gasteiger partial charge in [-0.15, -0.1) is 0 Å². The molecular weight excluding hydrogens is 302 g/mol. The van der Waals surface area contributed by atoms with E-state index in [1.807, 2.05) is 6.07 Å². The van der Waals surface area contributed by atoms with Crippen LogP contribution in [0.5, 0.6) is 11.5 Å². The third-order valence-corrected chi connectivity index (χ3v) is 5.07. The Balaban J connectivity index is 1.41. The van der Waals surface area contributed by atoms with E-state index in [0.717, 1.165) is 37.4 Å². The first-order chi connectivity index (χ1) is 11.9. The summed E-state index contributed by atoms with van der Waals surface area (Å²) in [6.45, 7) is 2.57. The minimum absolute atomic E-state index is 0.0479. The summed E-state index contributed by atoms with van der Waals surface area (Å²) in [4.78, 5) is 0. The Morgan fingerprint density at radius 2 is 1.92 bits per heavy atom. The lowest BCUT2D eigenvalue weighted by Gasteiger charge is -2.28. The van der Waals surface area contributed by atoms with Crippen LogP contribution < -0.4 is 25.6 Å². The number of hydrogen-bond acceptors (Lipinski definition) is 5. The summed E-state index contributed by atoms with van der Waals surface area (Å²) < 4.78 is 12.2. The molecule has 3 aliphatic rings. The van der Waals surface area contributed by atoms with Crippen LogP contribution in [0.15, 0.2) is 36.4 Å². The molecule has 3 aliphatic heterocycles. The average molecular weight is 323 g/mol. The number of rotatable bonds is 2. The molecule has 0 radical (unpaired) electrons. The summed E-state index contributed by atoms with van der Waals surface area (Å²) in [6, 6.07) is 13.1. The third-order valence-electron chi connectivity index (χ3n) is 5.07. The van der Waals surface area contributed by atoms with Crippen LogP contribution in [0.1, 0.15) is 35.3 Å². The van der Waals surface area contributed by atoms with Crippen molar-refractivity contribution in [2.24, 2.45) is 0 Å². The maximum atomic E-state index is 6.28. The fourth-order valence-corrected chi connectivity index (χ4v) is 3.73. The van der Waals surface area contributed by atoms with Gasteiger partial charge in [-0.25, -0.2) is 0 Å². The molecular formula is C19H21N3O2. The molecule has 1 fully saturated rings. The average Bonchev–Trinajstić information content (AvgIpc) is 3.31. The highest BCUT2D eigenvalue weighted by molar-refractivity contribution is 5.57. The van der Waals surface area contributed by atoms with Crippen LogP contribution >= 0.6 is 0 Å². The molecule has 24 heavy (non-hydrogen) atoms. The van der Waals surface area contributed by atoms with Crippen LogP contribution in [0.3, 0.4) is 0 Å². The van der Waals surface area contributed by atoms with Gasteiger partial charge in [0.2, 0.25) is 0 Å². The number of nitrogens with one attached hydrogen (secondary N) is 3. The van der Waals surface area contributed by atoms with Crippen molar-refractivity contribution in [3.8, 4) is 11.5 Å². The SMILES string of the molecule is c1cc2c(cc1C1CCNN1)OC(c1ccc3c(c1)CCN3)CO2. The maximum absolute atomic E-state index is 6.28. The number of anilines is 1. The van der Waals surface area contributed by atoms with Gasteiger partial charge in [0.25, 0.3) is 0 Å². The summed E-state index contributed by atoms with van der Waals surface area (Å²) in [5.41, 5.74) is 11.5. The molecule has 0 saturated carbocycles. The molecule has 5 heteroatoms. The van der Waals surface area contributed by atoms with Crippen LogP contribution in [0.2, 0.25) is 0 Å². The van der Waals surface area contributed by atoms with E-state index in [0.29, 0.717) is 12.6 Å². The zero-order chi connectivity index (χ0) is 15.9. The van der Waals surface area contributed by atoms with Crippen molar-refractivity contribution in [3.05, 3.63) is 53.1 Å². The molecule has 5 rings (SSSR count). The van der Waals surface area contributed by atoms with Crippen LogP contribution in [0.25, 0.3) is 0 Å². The number of ether oxygens (including phenoxy) is 2. The van der Waals surface area contributed by atoms with Gasteiger partial charge < -0.3 is 14.8 Å².